The highest BCUT2D eigenvalue weighted by Gasteiger charge is 2.19. The van der Waals surface area contributed by atoms with Crippen molar-refractivity contribution in [3.63, 3.8) is 0 Å². The maximum atomic E-state index is 12.4. The summed E-state index contributed by atoms with van der Waals surface area (Å²) in [4.78, 5) is 12.4. The van der Waals surface area contributed by atoms with Gasteiger partial charge in [-0.25, -0.2) is 0 Å². The van der Waals surface area contributed by atoms with Crippen LogP contribution < -0.4 is 5.32 Å². The van der Waals surface area contributed by atoms with E-state index in [0.29, 0.717) is 11.7 Å². The first-order valence-corrected chi connectivity index (χ1v) is 9.99. The van der Waals surface area contributed by atoms with E-state index in [1.54, 1.807) is 4.68 Å². The Bertz CT molecular complexity index is 786. The number of thioether (sulfide) groups is 1. The van der Waals surface area contributed by atoms with Gasteiger partial charge in [-0.2, -0.15) is 4.68 Å². The third-order valence-corrected chi connectivity index (χ3v) is 5.50. The molecule has 26 heavy (non-hydrogen) atoms. The van der Waals surface area contributed by atoms with E-state index in [2.05, 4.69) is 26.9 Å². The van der Waals surface area contributed by atoms with Crippen molar-refractivity contribution in [3.05, 3.63) is 41.5 Å². The van der Waals surface area contributed by atoms with Crippen LogP contribution in [0.15, 0.2) is 41.1 Å². The van der Waals surface area contributed by atoms with Gasteiger partial charge in [0.15, 0.2) is 0 Å². The SMILES string of the molecule is Cc1cccc(-n2nnnc2S[C@H](C)C(=O)NCCC2=CCCCC2)c1. The average Bonchev–Trinajstić information content (AvgIpc) is 3.10. The first-order chi connectivity index (χ1) is 12.6. The van der Waals surface area contributed by atoms with Crippen LogP contribution in [-0.4, -0.2) is 37.9 Å². The number of amides is 1. The van der Waals surface area contributed by atoms with Gasteiger partial charge in [-0.1, -0.05) is 35.5 Å². The Morgan fingerprint density at radius 1 is 1.38 bits per heavy atom. The summed E-state index contributed by atoms with van der Waals surface area (Å²) >= 11 is 1.37. The van der Waals surface area contributed by atoms with E-state index in [1.807, 2.05) is 38.1 Å². The summed E-state index contributed by atoms with van der Waals surface area (Å²) in [6.45, 7) is 4.60. The number of aromatic nitrogens is 4. The van der Waals surface area contributed by atoms with Gasteiger partial charge in [-0.3, -0.25) is 4.79 Å². The Balaban J connectivity index is 1.54. The van der Waals surface area contributed by atoms with Crippen LogP contribution in [0.1, 0.15) is 44.6 Å². The fraction of sp³-hybridized carbons (Fsp3) is 0.474. The van der Waals surface area contributed by atoms with Crippen molar-refractivity contribution in [2.24, 2.45) is 0 Å². The molecule has 1 amide bonds. The second-order valence-corrected chi connectivity index (χ2v) is 7.93. The molecule has 6 nitrogen and oxygen atoms in total. The van der Waals surface area contributed by atoms with Gasteiger partial charge in [0, 0.05) is 6.54 Å². The molecule has 0 radical (unpaired) electrons. The highest BCUT2D eigenvalue weighted by atomic mass is 32.2. The van der Waals surface area contributed by atoms with Crippen molar-refractivity contribution in [1.29, 1.82) is 0 Å². The molecule has 0 saturated carbocycles. The van der Waals surface area contributed by atoms with Crippen LogP contribution in [0.2, 0.25) is 0 Å². The van der Waals surface area contributed by atoms with E-state index in [0.717, 1.165) is 17.7 Å². The summed E-state index contributed by atoms with van der Waals surface area (Å²) in [6.07, 6.45) is 8.18. The monoisotopic (exact) mass is 371 g/mol. The minimum Gasteiger partial charge on any atom is -0.355 e. The number of nitrogens with one attached hydrogen (secondary N) is 1. The zero-order chi connectivity index (χ0) is 18.4. The van der Waals surface area contributed by atoms with Crippen molar-refractivity contribution in [2.75, 3.05) is 6.54 Å². The Morgan fingerprint density at radius 2 is 2.27 bits per heavy atom. The van der Waals surface area contributed by atoms with E-state index >= 15 is 0 Å². The quantitative estimate of drug-likeness (QED) is 0.596. The molecule has 1 atom stereocenters. The van der Waals surface area contributed by atoms with Gasteiger partial charge in [0.2, 0.25) is 11.1 Å². The number of allylic oxidation sites excluding steroid dienone is 1. The van der Waals surface area contributed by atoms with Crippen molar-refractivity contribution in [1.82, 2.24) is 25.5 Å². The minimum atomic E-state index is -0.259. The first kappa shape index (κ1) is 18.6. The van der Waals surface area contributed by atoms with Crippen LogP contribution in [0, 0.1) is 6.92 Å². The van der Waals surface area contributed by atoms with E-state index < -0.39 is 0 Å². The van der Waals surface area contributed by atoms with E-state index in [-0.39, 0.29) is 11.2 Å². The molecule has 1 N–H and O–H groups in total. The maximum Gasteiger partial charge on any atom is 0.233 e. The molecule has 0 aliphatic heterocycles. The molecule has 3 rings (SSSR count). The van der Waals surface area contributed by atoms with Crippen LogP contribution in [0.5, 0.6) is 0 Å². The number of hydrogen-bond acceptors (Lipinski definition) is 5. The molecule has 1 aromatic heterocycles. The normalized spacial score (nSPS) is 15.4. The molecule has 7 heteroatoms. The second-order valence-electron chi connectivity index (χ2n) is 6.62. The van der Waals surface area contributed by atoms with Crippen LogP contribution >= 0.6 is 11.8 Å². The van der Waals surface area contributed by atoms with Gasteiger partial charge in [-0.05, 0) is 74.1 Å². The molecule has 1 aromatic carbocycles. The van der Waals surface area contributed by atoms with Gasteiger partial charge in [0.1, 0.15) is 0 Å². The van der Waals surface area contributed by atoms with Gasteiger partial charge < -0.3 is 5.32 Å². The molecule has 138 valence electrons. The van der Waals surface area contributed by atoms with Gasteiger partial charge in [0.25, 0.3) is 0 Å². The lowest BCUT2D eigenvalue weighted by Crippen LogP contribution is -2.32. The third kappa shape index (κ3) is 4.94. The van der Waals surface area contributed by atoms with Crippen molar-refractivity contribution in [3.8, 4) is 5.69 Å². The second kappa shape index (κ2) is 8.98. The molecule has 1 aliphatic rings. The third-order valence-electron chi connectivity index (χ3n) is 4.47. The lowest BCUT2D eigenvalue weighted by atomic mass is 9.97. The smallest absolute Gasteiger partial charge is 0.233 e. The molecule has 2 aromatic rings. The molecule has 0 bridgehead atoms. The lowest BCUT2D eigenvalue weighted by molar-refractivity contribution is -0.120. The maximum absolute atomic E-state index is 12.4. The van der Waals surface area contributed by atoms with Crippen LogP contribution in [0.4, 0.5) is 0 Å². The van der Waals surface area contributed by atoms with Crippen LogP contribution in [0.3, 0.4) is 0 Å². The molecule has 0 unspecified atom stereocenters. The molecular formula is C19H25N5OS. The fourth-order valence-electron chi connectivity index (χ4n) is 3.01. The van der Waals surface area contributed by atoms with E-state index in [9.17, 15) is 4.79 Å². The number of rotatable bonds is 7. The number of hydrogen-bond donors (Lipinski definition) is 1. The summed E-state index contributed by atoms with van der Waals surface area (Å²) in [5.41, 5.74) is 3.51. The summed E-state index contributed by atoms with van der Waals surface area (Å²) in [5.74, 6) is 0.0187. The number of nitrogens with zero attached hydrogens (tertiary/aromatic N) is 4. The summed E-state index contributed by atoms with van der Waals surface area (Å²) < 4.78 is 1.67. The van der Waals surface area contributed by atoms with E-state index in [1.165, 1.54) is 43.0 Å². The van der Waals surface area contributed by atoms with Crippen molar-refractivity contribution in [2.45, 2.75) is 56.4 Å². The zero-order valence-electron chi connectivity index (χ0n) is 15.3. The largest absolute Gasteiger partial charge is 0.355 e. The molecular weight excluding hydrogens is 346 g/mol. The van der Waals surface area contributed by atoms with E-state index in [4.69, 9.17) is 0 Å². The summed E-state index contributed by atoms with van der Waals surface area (Å²) in [6, 6.07) is 7.97. The standard InChI is InChI=1S/C19H25N5OS/c1-14-7-6-10-17(13-14)24-19(21-22-23-24)26-15(2)18(25)20-12-11-16-8-4-3-5-9-16/h6-8,10,13,15H,3-5,9,11-12H2,1-2H3,(H,20,25)/t15-/m1/s1. The Labute approximate surface area is 158 Å². The van der Waals surface area contributed by atoms with Crippen LogP contribution in [0.25, 0.3) is 5.69 Å². The molecule has 1 heterocycles. The molecule has 0 fully saturated rings. The number of carbonyl (C=O) groups excluding carboxylic acids is 1. The number of tetrazole rings is 1. The fourth-order valence-corrected chi connectivity index (χ4v) is 3.84. The lowest BCUT2D eigenvalue weighted by Gasteiger charge is -2.14. The first-order valence-electron chi connectivity index (χ1n) is 9.11. The highest BCUT2D eigenvalue weighted by molar-refractivity contribution is 8.00. The minimum absolute atomic E-state index is 0.0187. The zero-order valence-corrected chi connectivity index (χ0v) is 16.1. The number of aryl methyl sites for hydroxylation is 1. The van der Waals surface area contributed by atoms with Gasteiger partial charge in [-0.15, -0.1) is 5.10 Å². The molecule has 1 aliphatic carbocycles. The predicted octanol–water partition coefficient (Wildman–Crippen LogP) is 3.46. The molecule has 0 spiro atoms. The van der Waals surface area contributed by atoms with Crippen molar-refractivity contribution >= 4 is 17.7 Å². The van der Waals surface area contributed by atoms with Crippen LogP contribution in [-0.2, 0) is 4.79 Å². The number of carbonyl (C=O) groups is 1. The topological polar surface area (TPSA) is 72.7 Å². The average molecular weight is 372 g/mol. The Morgan fingerprint density at radius 3 is 3.04 bits per heavy atom. The van der Waals surface area contributed by atoms with Crippen molar-refractivity contribution < 1.29 is 4.79 Å². The predicted molar refractivity (Wildman–Crippen MR) is 103 cm³/mol. The Kier molecular flexibility index (Phi) is 6.44. The summed E-state index contributed by atoms with van der Waals surface area (Å²) in [7, 11) is 0. The highest BCUT2D eigenvalue weighted by Crippen LogP contribution is 2.23. The van der Waals surface area contributed by atoms with Gasteiger partial charge >= 0.3 is 0 Å². The molecule has 0 saturated heterocycles. The van der Waals surface area contributed by atoms with Gasteiger partial charge in [0.05, 0.1) is 10.9 Å². The Hall–Kier alpha value is -2.15. The summed E-state index contributed by atoms with van der Waals surface area (Å²) in [5, 5.41) is 15.3. The number of benzene rings is 1.